The van der Waals surface area contributed by atoms with Crippen LogP contribution in [-0.4, -0.2) is 43.4 Å². The Morgan fingerprint density at radius 3 is 2.42 bits per heavy atom. The number of carbonyl (C=O) groups is 3. The molecule has 0 radical (unpaired) electrons. The predicted molar refractivity (Wildman–Crippen MR) is 79.4 cm³/mol. The normalized spacial score (nSPS) is 38.3. The standard InChI is InChI=1S/C17H21F3O6/c1-5-15(2,3)13(22)25-10-7-6-8-11(10)26-14(23)16(8,17(18,19)20)9(7)12(21)24-4/h7-11H,5-6H2,1-4H3. The molecule has 1 heterocycles. The minimum Gasteiger partial charge on any atom is -0.469 e. The van der Waals surface area contributed by atoms with E-state index in [2.05, 4.69) is 4.74 Å². The second-order valence-corrected chi connectivity index (χ2v) is 7.85. The third-order valence-corrected chi connectivity index (χ3v) is 6.36. The molecule has 0 N–H and O–H groups in total. The van der Waals surface area contributed by atoms with Crippen LogP contribution in [0.15, 0.2) is 0 Å². The minimum atomic E-state index is -4.96. The van der Waals surface area contributed by atoms with Gasteiger partial charge in [-0.05, 0) is 26.7 Å². The fraction of sp³-hybridized carbons (Fsp3) is 0.824. The number of halogens is 3. The number of ether oxygens (including phenoxy) is 3. The molecule has 0 aromatic heterocycles. The molecule has 0 spiro atoms. The molecule has 2 aliphatic carbocycles. The van der Waals surface area contributed by atoms with Crippen molar-refractivity contribution in [1.82, 2.24) is 0 Å². The Hall–Kier alpha value is -1.80. The molecule has 0 amide bonds. The monoisotopic (exact) mass is 378 g/mol. The first-order valence-electron chi connectivity index (χ1n) is 8.50. The van der Waals surface area contributed by atoms with Crippen LogP contribution in [0.3, 0.4) is 0 Å². The van der Waals surface area contributed by atoms with E-state index in [-0.39, 0.29) is 6.42 Å². The molecule has 3 aliphatic rings. The van der Waals surface area contributed by atoms with Crippen LogP contribution in [0.5, 0.6) is 0 Å². The zero-order valence-corrected chi connectivity index (χ0v) is 14.9. The minimum absolute atomic E-state index is 0.0832. The van der Waals surface area contributed by atoms with Gasteiger partial charge < -0.3 is 14.2 Å². The van der Waals surface area contributed by atoms with Crippen molar-refractivity contribution in [3.8, 4) is 0 Å². The quantitative estimate of drug-likeness (QED) is 0.552. The first-order chi connectivity index (χ1) is 11.9. The highest BCUT2D eigenvalue weighted by Crippen LogP contribution is 2.70. The van der Waals surface area contributed by atoms with E-state index in [1.807, 2.05) is 0 Å². The van der Waals surface area contributed by atoms with Gasteiger partial charge in [0.1, 0.15) is 12.2 Å². The fourth-order valence-electron chi connectivity index (χ4n) is 4.59. The first kappa shape index (κ1) is 19.0. The number of alkyl halides is 3. The lowest BCUT2D eigenvalue weighted by atomic mass is 9.65. The molecule has 9 heteroatoms. The van der Waals surface area contributed by atoms with Gasteiger partial charge in [-0.1, -0.05) is 6.92 Å². The van der Waals surface area contributed by atoms with Crippen LogP contribution < -0.4 is 0 Å². The van der Waals surface area contributed by atoms with Gasteiger partial charge in [0.15, 0.2) is 5.41 Å². The summed E-state index contributed by atoms with van der Waals surface area (Å²) < 4.78 is 56.8. The van der Waals surface area contributed by atoms with Gasteiger partial charge in [-0.3, -0.25) is 14.4 Å². The van der Waals surface area contributed by atoms with Gasteiger partial charge in [0.05, 0.1) is 18.4 Å². The number of methoxy groups -OCH3 is 1. The average molecular weight is 378 g/mol. The Morgan fingerprint density at radius 1 is 1.31 bits per heavy atom. The molecular weight excluding hydrogens is 357 g/mol. The third-order valence-electron chi connectivity index (χ3n) is 6.36. The van der Waals surface area contributed by atoms with Crippen LogP contribution in [0, 0.1) is 28.6 Å². The molecule has 1 saturated heterocycles. The molecule has 0 aromatic carbocycles. The number of hydrogen-bond donors (Lipinski definition) is 0. The average Bonchev–Trinajstić information content (AvgIpc) is 3.14. The number of rotatable bonds is 4. The summed E-state index contributed by atoms with van der Waals surface area (Å²) in [6.07, 6.45) is -6.85. The first-order valence-corrected chi connectivity index (χ1v) is 8.50. The summed E-state index contributed by atoms with van der Waals surface area (Å²) in [7, 11) is 0.970. The molecule has 6 nitrogen and oxygen atoms in total. The van der Waals surface area contributed by atoms with E-state index in [1.54, 1.807) is 20.8 Å². The van der Waals surface area contributed by atoms with Crippen LogP contribution >= 0.6 is 0 Å². The maximum Gasteiger partial charge on any atom is 0.406 e. The maximum absolute atomic E-state index is 13.9. The zero-order valence-electron chi connectivity index (χ0n) is 14.9. The zero-order chi connectivity index (χ0) is 19.7. The summed E-state index contributed by atoms with van der Waals surface area (Å²) in [6.45, 7) is 5.09. The third kappa shape index (κ3) is 2.15. The van der Waals surface area contributed by atoms with Crippen LogP contribution in [0.1, 0.15) is 33.6 Å². The van der Waals surface area contributed by atoms with E-state index >= 15 is 0 Å². The van der Waals surface area contributed by atoms with Crippen LogP contribution in [0.4, 0.5) is 13.2 Å². The van der Waals surface area contributed by atoms with Gasteiger partial charge >= 0.3 is 24.1 Å². The molecule has 6 unspecified atom stereocenters. The molecule has 3 fully saturated rings. The molecule has 3 rings (SSSR count). The van der Waals surface area contributed by atoms with Crippen molar-refractivity contribution >= 4 is 17.9 Å². The van der Waals surface area contributed by atoms with Crippen LogP contribution in [-0.2, 0) is 28.6 Å². The Morgan fingerprint density at radius 2 is 1.92 bits per heavy atom. The highest BCUT2D eigenvalue weighted by atomic mass is 19.4. The van der Waals surface area contributed by atoms with Gasteiger partial charge in [-0.25, -0.2) is 0 Å². The number of hydrogen-bond acceptors (Lipinski definition) is 6. The number of esters is 3. The van der Waals surface area contributed by atoms with Crippen LogP contribution in [0.2, 0.25) is 0 Å². The van der Waals surface area contributed by atoms with Gasteiger partial charge in [0.2, 0.25) is 0 Å². The van der Waals surface area contributed by atoms with E-state index in [9.17, 15) is 27.6 Å². The lowest BCUT2D eigenvalue weighted by Crippen LogP contribution is -2.57. The summed E-state index contributed by atoms with van der Waals surface area (Å²) in [5, 5.41) is 0. The molecular formula is C17H21F3O6. The maximum atomic E-state index is 13.9. The topological polar surface area (TPSA) is 78.9 Å². The summed E-state index contributed by atoms with van der Waals surface area (Å²) in [5.41, 5.74) is -3.76. The molecule has 2 bridgehead atoms. The van der Waals surface area contributed by atoms with E-state index in [1.165, 1.54) is 0 Å². The second kappa shape index (κ2) is 5.60. The van der Waals surface area contributed by atoms with Crippen molar-refractivity contribution in [2.75, 3.05) is 7.11 Å². The fourth-order valence-corrected chi connectivity index (χ4v) is 4.59. The van der Waals surface area contributed by atoms with Gasteiger partial charge in [0, 0.05) is 11.8 Å². The van der Waals surface area contributed by atoms with Crippen molar-refractivity contribution in [2.45, 2.75) is 52.0 Å². The van der Waals surface area contributed by atoms with Crippen molar-refractivity contribution in [3.63, 3.8) is 0 Å². The highest BCUT2D eigenvalue weighted by Gasteiger charge is 2.86. The molecule has 1 aliphatic heterocycles. The number of carbonyl (C=O) groups excluding carboxylic acids is 3. The SMILES string of the molecule is CCC(C)(C)C(=O)OC1C2CC3C1OC(=O)C3(C(F)(F)F)C2C(=O)OC. The Kier molecular flexibility index (Phi) is 4.08. The Labute approximate surface area is 148 Å². The summed E-state index contributed by atoms with van der Waals surface area (Å²) in [6, 6.07) is 0. The Bertz CT molecular complexity index is 657. The predicted octanol–water partition coefficient (Wildman–Crippen LogP) is 2.25. The van der Waals surface area contributed by atoms with E-state index < -0.39 is 64.9 Å². The molecule has 6 atom stereocenters. The summed E-state index contributed by atoms with van der Waals surface area (Å²) >= 11 is 0. The van der Waals surface area contributed by atoms with E-state index in [0.29, 0.717) is 6.42 Å². The smallest absolute Gasteiger partial charge is 0.406 e. The molecule has 146 valence electrons. The lowest BCUT2D eigenvalue weighted by Gasteiger charge is -2.39. The second-order valence-electron chi connectivity index (χ2n) is 7.85. The van der Waals surface area contributed by atoms with Crippen molar-refractivity contribution in [3.05, 3.63) is 0 Å². The van der Waals surface area contributed by atoms with Crippen LogP contribution in [0.25, 0.3) is 0 Å². The highest BCUT2D eigenvalue weighted by molar-refractivity contribution is 5.90. The van der Waals surface area contributed by atoms with E-state index in [0.717, 1.165) is 7.11 Å². The van der Waals surface area contributed by atoms with E-state index in [4.69, 9.17) is 9.47 Å². The van der Waals surface area contributed by atoms with Gasteiger partial charge in [-0.2, -0.15) is 13.2 Å². The molecule has 26 heavy (non-hydrogen) atoms. The van der Waals surface area contributed by atoms with Crippen molar-refractivity contribution < 1.29 is 41.8 Å². The largest absolute Gasteiger partial charge is 0.469 e. The lowest BCUT2D eigenvalue weighted by molar-refractivity contribution is -0.249. The summed E-state index contributed by atoms with van der Waals surface area (Å²) in [5.74, 6) is -7.21. The van der Waals surface area contributed by atoms with Crippen molar-refractivity contribution in [2.24, 2.45) is 28.6 Å². The van der Waals surface area contributed by atoms with Gasteiger partial charge in [0.25, 0.3) is 0 Å². The number of fused-ring (bicyclic) bond motifs is 1. The van der Waals surface area contributed by atoms with Crippen molar-refractivity contribution in [1.29, 1.82) is 0 Å². The Balaban J connectivity index is 2.01. The molecule has 2 saturated carbocycles. The summed E-state index contributed by atoms with van der Waals surface area (Å²) in [4.78, 5) is 36.9. The molecule has 0 aromatic rings. The van der Waals surface area contributed by atoms with Gasteiger partial charge in [-0.15, -0.1) is 0 Å².